The van der Waals surface area contributed by atoms with Crippen LogP contribution < -0.4 is 0 Å². The molecule has 2 nitrogen and oxygen atoms in total. The Hall–Kier alpha value is -5.38. The molecule has 0 aliphatic rings. The van der Waals surface area contributed by atoms with E-state index in [4.69, 9.17) is 8.83 Å². The van der Waals surface area contributed by atoms with Gasteiger partial charge in [0.05, 0.1) is 6.26 Å². The van der Waals surface area contributed by atoms with E-state index in [0.29, 0.717) is 0 Å². The topological polar surface area (TPSA) is 26.3 Å². The summed E-state index contributed by atoms with van der Waals surface area (Å²) in [6, 6.07) is 46.1. The molecule has 0 saturated heterocycles. The van der Waals surface area contributed by atoms with E-state index >= 15 is 0 Å². The van der Waals surface area contributed by atoms with Crippen molar-refractivity contribution in [2.24, 2.45) is 0 Å². The molecule has 0 aliphatic carbocycles. The monoisotopic (exact) mass is 566 g/mol. The number of benzene rings is 7. The molecule has 3 heterocycles. The molecule has 0 aliphatic heterocycles. The van der Waals surface area contributed by atoms with E-state index in [1.165, 1.54) is 58.4 Å². The fourth-order valence-corrected chi connectivity index (χ4v) is 8.19. The van der Waals surface area contributed by atoms with Gasteiger partial charge in [0.25, 0.3) is 0 Å². The predicted octanol–water partition coefficient (Wildman–Crippen LogP) is 12.3. The molecule has 0 unspecified atom stereocenters. The predicted molar refractivity (Wildman–Crippen MR) is 182 cm³/mol. The molecular formula is C40H22O2S. The third-order valence-electron chi connectivity index (χ3n) is 8.95. The molecule has 0 amide bonds. The number of rotatable bonds is 2. The summed E-state index contributed by atoms with van der Waals surface area (Å²) in [5, 5.41) is 10.8. The van der Waals surface area contributed by atoms with Crippen LogP contribution in [0.5, 0.6) is 0 Å². The Balaban J connectivity index is 1.26. The van der Waals surface area contributed by atoms with E-state index in [9.17, 15) is 0 Å². The molecule has 0 saturated carbocycles. The lowest BCUT2D eigenvalue weighted by Gasteiger charge is -2.17. The van der Waals surface area contributed by atoms with E-state index < -0.39 is 0 Å². The summed E-state index contributed by atoms with van der Waals surface area (Å²) in [6.45, 7) is 0. The number of furan rings is 2. The van der Waals surface area contributed by atoms with Gasteiger partial charge in [-0.05, 0) is 80.2 Å². The Morgan fingerprint density at radius 3 is 1.72 bits per heavy atom. The van der Waals surface area contributed by atoms with Crippen molar-refractivity contribution in [3.8, 4) is 22.3 Å². The highest BCUT2D eigenvalue weighted by molar-refractivity contribution is 7.25. The van der Waals surface area contributed by atoms with Crippen LogP contribution in [0.1, 0.15) is 0 Å². The molecule has 0 spiro atoms. The molecule has 0 atom stereocenters. The first-order valence-corrected chi connectivity index (χ1v) is 15.3. The van der Waals surface area contributed by atoms with Crippen LogP contribution in [0.3, 0.4) is 0 Å². The maximum Gasteiger partial charge on any atom is 0.178 e. The fraction of sp³-hybridized carbons (Fsp3) is 0. The summed E-state index contributed by atoms with van der Waals surface area (Å²) in [4.78, 5) is 0. The van der Waals surface area contributed by atoms with Gasteiger partial charge >= 0.3 is 0 Å². The Labute approximate surface area is 250 Å². The minimum atomic E-state index is 0.797. The van der Waals surface area contributed by atoms with Crippen LogP contribution >= 0.6 is 11.3 Å². The van der Waals surface area contributed by atoms with Gasteiger partial charge in [-0.2, -0.15) is 0 Å². The summed E-state index contributed by atoms with van der Waals surface area (Å²) in [5.74, 6) is 0. The standard InChI is InChI=1S/C40H22O2S/c1-3-10-31-29(8-1)37(24-14-16-26-33-18-13-23-19-20-41-39(23)40(33)42-34(26)21-24)30-9-2-4-11-32(30)38(31)25-15-17-28-27-7-5-6-12-35(27)43-36(28)22-25/h1-22H. The molecule has 200 valence electrons. The maximum absolute atomic E-state index is 6.48. The zero-order chi connectivity index (χ0) is 28.1. The van der Waals surface area contributed by atoms with Crippen molar-refractivity contribution in [2.45, 2.75) is 0 Å². The highest BCUT2D eigenvalue weighted by Crippen LogP contribution is 2.46. The molecule has 0 fully saturated rings. The third kappa shape index (κ3) is 3.23. The van der Waals surface area contributed by atoms with E-state index in [2.05, 4.69) is 121 Å². The summed E-state index contributed by atoms with van der Waals surface area (Å²) >= 11 is 1.87. The molecule has 0 bridgehead atoms. The van der Waals surface area contributed by atoms with Gasteiger partial charge in [0.15, 0.2) is 11.2 Å². The van der Waals surface area contributed by atoms with Crippen LogP contribution in [0.2, 0.25) is 0 Å². The summed E-state index contributed by atoms with van der Waals surface area (Å²) < 4.78 is 14.9. The van der Waals surface area contributed by atoms with E-state index in [1.807, 2.05) is 17.4 Å². The molecule has 0 radical (unpaired) electrons. The normalized spacial score (nSPS) is 12.2. The van der Waals surface area contributed by atoms with Crippen molar-refractivity contribution in [3.05, 3.63) is 134 Å². The van der Waals surface area contributed by atoms with Crippen molar-refractivity contribution in [1.82, 2.24) is 0 Å². The van der Waals surface area contributed by atoms with Crippen LogP contribution in [0.4, 0.5) is 0 Å². The second-order valence-electron chi connectivity index (χ2n) is 11.2. The largest absolute Gasteiger partial charge is 0.460 e. The van der Waals surface area contributed by atoms with Crippen LogP contribution in [0.15, 0.2) is 142 Å². The van der Waals surface area contributed by atoms with Gasteiger partial charge in [0.2, 0.25) is 0 Å². The minimum Gasteiger partial charge on any atom is -0.460 e. The zero-order valence-corrected chi connectivity index (χ0v) is 23.7. The van der Waals surface area contributed by atoms with E-state index in [0.717, 1.165) is 38.5 Å². The average molecular weight is 567 g/mol. The molecule has 0 N–H and O–H groups in total. The lowest BCUT2D eigenvalue weighted by Crippen LogP contribution is -1.90. The van der Waals surface area contributed by atoms with Gasteiger partial charge in [-0.3, -0.25) is 0 Å². The molecule has 3 heteroatoms. The summed E-state index contributed by atoms with van der Waals surface area (Å²) in [6.07, 6.45) is 1.72. The van der Waals surface area contributed by atoms with Crippen molar-refractivity contribution in [1.29, 1.82) is 0 Å². The fourth-order valence-electron chi connectivity index (χ4n) is 7.05. The molecule has 7 aromatic carbocycles. The smallest absolute Gasteiger partial charge is 0.178 e. The molecule has 10 aromatic rings. The number of thiophene rings is 1. The Morgan fingerprint density at radius 2 is 1.00 bits per heavy atom. The first-order valence-electron chi connectivity index (χ1n) is 14.5. The number of hydrogen-bond acceptors (Lipinski definition) is 3. The number of fused-ring (bicyclic) bond motifs is 10. The van der Waals surface area contributed by atoms with E-state index in [-0.39, 0.29) is 0 Å². The van der Waals surface area contributed by atoms with Gasteiger partial charge in [0, 0.05) is 36.3 Å². The van der Waals surface area contributed by atoms with Crippen LogP contribution in [-0.2, 0) is 0 Å². The van der Waals surface area contributed by atoms with Crippen molar-refractivity contribution >= 4 is 86.0 Å². The van der Waals surface area contributed by atoms with Crippen LogP contribution in [0.25, 0.3) is 96.9 Å². The summed E-state index contributed by atoms with van der Waals surface area (Å²) in [7, 11) is 0. The quantitative estimate of drug-likeness (QED) is 0.195. The minimum absolute atomic E-state index is 0.797. The van der Waals surface area contributed by atoms with Crippen molar-refractivity contribution in [3.63, 3.8) is 0 Å². The lowest BCUT2D eigenvalue weighted by atomic mass is 9.86. The third-order valence-corrected chi connectivity index (χ3v) is 10.1. The number of hydrogen-bond donors (Lipinski definition) is 0. The second-order valence-corrected chi connectivity index (χ2v) is 12.3. The van der Waals surface area contributed by atoms with Gasteiger partial charge in [-0.1, -0.05) is 91.0 Å². The van der Waals surface area contributed by atoms with Crippen LogP contribution in [-0.4, -0.2) is 0 Å². The van der Waals surface area contributed by atoms with Crippen molar-refractivity contribution < 1.29 is 8.83 Å². The van der Waals surface area contributed by atoms with Crippen molar-refractivity contribution in [2.75, 3.05) is 0 Å². The molecule has 10 rings (SSSR count). The average Bonchev–Trinajstić information content (AvgIpc) is 3.78. The van der Waals surface area contributed by atoms with Crippen LogP contribution in [0, 0.1) is 0 Å². The second kappa shape index (κ2) is 8.57. The van der Waals surface area contributed by atoms with Gasteiger partial charge in [0.1, 0.15) is 5.58 Å². The SMILES string of the molecule is c1ccc2c(c1)sc1cc(-c3c4ccccc4c(-c4ccc5c(c4)oc4c5ccc5ccoc54)c4ccccc34)ccc12. The Bertz CT molecular complexity index is 2680. The highest BCUT2D eigenvalue weighted by Gasteiger charge is 2.19. The molecule has 43 heavy (non-hydrogen) atoms. The zero-order valence-electron chi connectivity index (χ0n) is 22.9. The Morgan fingerprint density at radius 1 is 0.419 bits per heavy atom. The maximum atomic E-state index is 6.48. The highest BCUT2D eigenvalue weighted by atomic mass is 32.1. The van der Waals surface area contributed by atoms with Gasteiger partial charge < -0.3 is 8.83 Å². The molecule has 3 aromatic heterocycles. The Kier molecular flexibility index (Phi) is 4.63. The van der Waals surface area contributed by atoms with E-state index in [1.54, 1.807) is 6.26 Å². The molecular weight excluding hydrogens is 545 g/mol. The van der Waals surface area contributed by atoms with Gasteiger partial charge in [-0.15, -0.1) is 11.3 Å². The lowest BCUT2D eigenvalue weighted by molar-refractivity contribution is 0.600. The summed E-state index contributed by atoms with van der Waals surface area (Å²) in [5.41, 5.74) is 7.35. The first kappa shape index (κ1) is 23.2. The van der Waals surface area contributed by atoms with Gasteiger partial charge in [-0.25, -0.2) is 0 Å². The first-order chi connectivity index (χ1) is 21.3.